The van der Waals surface area contributed by atoms with E-state index in [1.165, 1.54) is 52.7 Å². The molecule has 4 aromatic carbocycles. The molecule has 0 saturated heterocycles. The Kier molecular flexibility index (Phi) is 11.4. The topological polar surface area (TPSA) is 177 Å². The molecule has 0 radical (unpaired) electrons. The zero-order valence-corrected chi connectivity index (χ0v) is 25.8. The van der Waals surface area contributed by atoms with Crippen molar-refractivity contribution in [2.24, 2.45) is 0 Å². The summed E-state index contributed by atoms with van der Waals surface area (Å²) in [6.07, 6.45) is -5.25. The fourth-order valence-electron chi connectivity index (χ4n) is 4.91. The molecular formula is C34H38O12. The Balaban J connectivity index is 1.77. The predicted molar refractivity (Wildman–Crippen MR) is 167 cm³/mol. The van der Waals surface area contributed by atoms with E-state index in [-0.39, 0.29) is 45.3 Å². The normalized spacial score (nSPS) is 13.7. The van der Waals surface area contributed by atoms with Crippen LogP contribution in [0.3, 0.4) is 0 Å². The number of phenolic OH excluding ortho intramolecular Hbond substituents is 2. The van der Waals surface area contributed by atoms with Crippen LogP contribution in [0.15, 0.2) is 72.8 Å². The van der Waals surface area contributed by atoms with E-state index in [2.05, 4.69) is 0 Å². The third-order valence-electron chi connectivity index (χ3n) is 7.37. The fourth-order valence-corrected chi connectivity index (χ4v) is 4.91. The molecule has 4 rings (SSSR count). The van der Waals surface area contributed by atoms with Crippen LogP contribution in [0, 0.1) is 0 Å². The Morgan fingerprint density at radius 1 is 0.500 bits per heavy atom. The summed E-state index contributed by atoms with van der Waals surface area (Å²) in [6.45, 7) is -1.18. The number of hydrogen-bond acceptors (Lipinski definition) is 12. The van der Waals surface area contributed by atoms with Gasteiger partial charge in [0.25, 0.3) is 0 Å². The molecule has 246 valence electrons. The Hall–Kier alpha value is -4.88. The molecule has 0 aliphatic rings. The minimum Gasteiger partial charge on any atom is -0.504 e. The van der Waals surface area contributed by atoms with Gasteiger partial charge in [-0.15, -0.1) is 0 Å². The quantitative estimate of drug-likeness (QED) is 0.111. The Morgan fingerprint density at radius 3 is 1.13 bits per heavy atom. The highest BCUT2D eigenvalue weighted by atomic mass is 16.5. The van der Waals surface area contributed by atoms with Gasteiger partial charge in [0.15, 0.2) is 58.2 Å². The Labute approximate surface area is 266 Å². The number of aromatic hydroxyl groups is 2. The smallest absolute Gasteiger partial charge is 0.165 e. The maximum Gasteiger partial charge on any atom is 0.165 e. The molecule has 0 aliphatic carbocycles. The molecule has 0 aromatic heterocycles. The number of rotatable bonds is 15. The van der Waals surface area contributed by atoms with Crippen molar-refractivity contribution in [1.82, 2.24) is 0 Å². The molecule has 0 saturated carbocycles. The largest absolute Gasteiger partial charge is 0.504 e. The maximum atomic E-state index is 11.3. The van der Waals surface area contributed by atoms with Gasteiger partial charge in [0.05, 0.1) is 41.7 Å². The van der Waals surface area contributed by atoms with Crippen LogP contribution in [0.5, 0.6) is 46.0 Å². The van der Waals surface area contributed by atoms with Crippen LogP contribution in [0.2, 0.25) is 0 Å². The summed E-state index contributed by atoms with van der Waals surface area (Å²) >= 11 is 0. The van der Waals surface area contributed by atoms with Gasteiger partial charge in [-0.25, -0.2) is 0 Å². The van der Waals surface area contributed by atoms with E-state index in [9.17, 15) is 30.6 Å². The van der Waals surface area contributed by atoms with E-state index in [1.54, 1.807) is 48.5 Å². The zero-order chi connectivity index (χ0) is 33.4. The highest BCUT2D eigenvalue weighted by Crippen LogP contribution is 2.47. The second kappa shape index (κ2) is 15.4. The number of benzene rings is 4. The van der Waals surface area contributed by atoms with Gasteiger partial charge < -0.3 is 59.1 Å². The molecule has 0 aliphatic heterocycles. The van der Waals surface area contributed by atoms with Gasteiger partial charge >= 0.3 is 0 Å². The number of methoxy groups -OCH3 is 4. The molecule has 46 heavy (non-hydrogen) atoms. The lowest BCUT2D eigenvalue weighted by Crippen LogP contribution is -2.29. The fraction of sp³-hybridized carbons (Fsp3) is 0.294. The lowest BCUT2D eigenvalue weighted by Gasteiger charge is -2.26. The summed E-state index contributed by atoms with van der Waals surface area (Å²) in [6, 6.07) is 19.0. The van der Waals surface area contributed by atoms with E-state index in [4.69, 9.17) is 28.4 Å². The number of phenols is 2. The van der Waals surface area contributed by atoms with Crippen LogP contribution >= 0.6 is 0 Å². The molecule has 0 heterocycles. The molecule has 0 fully saturated rings. The molecule has 4 aromatic rings. The van der Waals surface area contributed by atoms with Gasteiger partial charge in [-0.3, -0.25) is 0 Å². The summed E-state index contributed by atoms with van der Waals surface area (Å²) in [4.78, 5) is 0. The molecule has 4 unspecified atom stereocenters. The standard InChI is InChI=1S/C34H38O12/c1-41-23-9-5-7-11-25(23)45-29(17-35)31(37)19-13-21(33(39)27(15-19)43-3)22-14-20(16-28(44-4)34(22)40)32(38)30(18-36)46-26-12-8-6-10-24(26)42-2/h5-16,29-32,35-40H,17-18H2,1-4H3. The number of para-hydroxylation sites is 4. The number of aliphatic hydroxyl groups excluding tert-OH is 4. The molecule has 6 N–H and O–H groups in total. The lowest BCUT2D eigenvalue weighted by atomic mass is 9.93. The second-order valence-corrected chi connectivity index (χ2v) is 10.1. The Morgan fingerprint density at radius 2 is 0.826 bits per heavy atom. The zero-order valence-electron chi connectivity index (χ0n) is 25.8. The summed E-state index contributed by atoms with van der Waals surface area (Å²) in [5.41, 5.74) is 0.322. The first-order valence-electron chi connectivity index (χ1n) is 14.2. The summed E-state index contributed by atoms with van der Waals surface area (Å²) in [7, 11) is 5.54. The van der Waals surface area contributed by atoms with E-state index >= 15 is 0 Å². The third kappa shape index (κ3) is 7.16. The van der Waals surface area contributed by atoms with Crippen molar-refractivity contribution in [1.29, 1.82) is 0 Å². The minimum absolute atomic E-state index is 0.00146. The van der Waals surface area contributed by atoms with Crippen LogP contribution in [-0.2, 0) is 0 Å². The van der Waals surface area contributed by atoms with E-state index in [0.29, 0.717) is 11.5 Å². The first kappa shape index (κ1) is 34.0. The number of aliphatic hydroxyl groups is 4. The highest BCUT2D eigenvalue weighted by molar-refractivity contribution is 5.81. The van der Waals surface area contributed by atoms with Crippen molar-refractivity contribution in [3.63, 3.8) is 0 Å². The second-order valence-electron chi connectivity index (χ2n) is 10.1. The lowest BCUT2D eigenvalue weighted by molar-refractivity contribution is -0.000638. The van der Waals surface area contributed by atoms with E-state index < -0.39 is 49.1 Å². The van der Waals surface area contributed by atoms with Gasteiger partial charge in [0, 0.05) is 11.1 Å². The molecule has 12 nitrogen and oxygen atoms in total. The predicted octanol–water partition coefficient (Wildman–Crippen LogP) is 3.75. The average molecular weight is 639 g/mol. The molecule has 0 spiro atoms. The van der Waals surface area contributed by atoms with Gasteiger partial charge in [0.1, 0.15) is 12.2 Å². The van der Waals surface area contributed by atoms with Crippen molar-refractivity contribution in [3.05, 3.63) is 83.9 Å². The van der Waals surface area contributed by atoms with Crippen molar-refractivity contribution in [2.45, 2.75) is 24.4 Å². The van der Waals surface area contributed by atoms with Crippen LogP contribution in [-0.4, -0.2) is 84.5 Å². The van der Waals surface area contributed by atoms with Crippen molar-refractivity contribution < 1.29 is 59.1 Å². The summed E-state index contributed by atoms with van der Waals surface area (Å²) in [5, 5.41) is 65.3. The maximum absolute atomic E-state index is 11.3. The number of hydrogen-bond donors (Lipinski definition) is 6. The third-order valence-corrected chi connectivity index (χ3v) is 7.37. The highest BCUT2D eigenvalue weighted by Gasteiger charge is 2.29. The first-order valence-corrected chi connectivity index (χ1v) is 14.2. The van der Waals surface area contributed by atoms with E-state index in [0.717, 1.165) is 0 Å². The van der Waals surface area contributed by atoms with Crippen LogP contribution in [0.25, 0.3) is 11.1 Å². The van der Waals surface area contributed by atoms with Crippen molar-refractivity contribution in [2.75, 3.05) is 41.7 Å². The van der Waals surface area contributed by atoms with Crippen LogP contribution in [0.4, 0.5) is 0 Å². The van der Waals surface area contributed by atoms with Gasteiger partial charge in [-0.1, -0.05) is 24.3 Å². The summed E-state index contributed by atoms with van der Waals surface area (Å²) < 4.78 is 33.1. The van der Waals surface area contributed by atoms with Gasteiger partial charge in [0.2, 0.25) is 0 Å². The molecule has 12 heteroatoms. The Bertz CT molecular complexity index is 1490. The SMILES string of the molecule is COc1ccccc1OC(CO)C(O)c1cc(OC)c(O)c(-c2cc(C(O)C(CO)Oc3ccccc3OC)cc(OC)c2O)c1. The minimum atomic E-state index is -1.45. The van der Waals surface area contributed by atoms with Crippen molar-refractivity contribution >= 4 is 0 Å². The van der Waals surface area contributed by atoms with Gasteiger partial charge in [-0.05, 0) is 59.7 Å². The first-order chi connectivity index (χ1) is 22.2. The van der Waals surface area contributed by atoms with E-state index in [1.807, 2.05) is 0 Å². The number of ether oxygens (including phenoxy) is 6. The summed E-state index contributed by atoms with van der Waals surface area (Å²) in [5.74, 6) is 0.449. The van der Waals surface area contributed by atoms with Crippen molar-refractivity contribution in [3.8, 4) is 57.1 Å². The van der Waals surface area contributed by atoms with Crippen LogP contribution < -0.4 is 28.4 Å². The monoisotopic (exact) mass is 638 g/mol. The molecular weight excluding hydrogens is 600 g/mol. The molecule has 4 atom stereocenters. The van der Waals surface area contributed by atoms with Gasteiger partial charge in [-0.2, -0.15) is 0 Å². The molecule has 0 amide bonds. The average Bonchev–Trinajstić information content (AvgIpc) is 3.09. The van der Waals surface area contributed by atoms with Crippen LogP contribution in [0.1, 0.15) is 23.3 Å². The molecule has 0 bridgehead atoms.